The number of H-pyrrole nitrogens is 1. The quantitative estimate of drug-likeness (QED) is 0.407. The van der Waals surface area contributed by atoms with Crippen LogP contribution >= 0.6 is 0 Å². The van der Waals surface area contributed by atoms with Crippen molar-refractivity contribution < 1.29 is 4.79 Å². The molecule has 7 heteroatoms. The third-order valence-electron chi connectivity index (χ3n) is 6.08. The average Bonchev–Trinajstić information content (AvgIpc) is 3.43. The second-order valence-electron chi connectivity index (χ2n) is 7.90. The molecule has 0 fully saturated rings. The minimum Gasteiger partial charge on any atom is -0.383 e. The highest BCUT2D eigenvalue weighted by molar-refractivity contribution is 6.06. The van der Waals surface area contributed by atoms with Crippen LogP contribution in [0.4, 0.5) is 0 Å². The van der Waals surface area contributed by atoms with E-state index in [4.69, 9.17) is 5.73 Å². The molecule has 0 saturated carbocycles. The van der Waals surface area contributed by atoms with E-state index < -0.39 is 0 Å². The van der Waals surface area contributed by atoms with Gasteiger partial charge in [-0.1, -0.05) is 42.5 Å². The summed E-state index contributed by atoms with van der Waals surface area (Å²) >= 11 is 0. The Bertz CT molecular complexity index is 1430. The van der Waals surface area contributed by atoms with Gasteiger partial charge in [0.1, 0.15) is 11.5 Å². The topological polar surface area (TPSA) is 108 Å². The highest BCUT2D eigenvalue weighted by Crippen LogP contribution is 2.46. The minimum atomic E-state index is -0.253. The molecular formula is C25H20N6O. The summed E-state index contributed by atoms with van der Waals surface area (Å²) in [5.74, 6) is 0.316. The third-order valence-corrected chi connectivity index (χ3v) is 6.08. The van der Waals surface area contributed by atoms with Crippen molar-refractivity contribution in [3.63, 3.8) is 0 Å². The predicted octanol–water partition coefficient (Wildman–Crippen LogP) is 3.54. The zero-order valence-electron chi connectivity index (χ0n) is 17.0. The Kier molecular flexibility index (Phi) is 4.07. The molecule has 4 aromatic rings. The maximum absolute atomic E-state index is 13.3. The fraction of sp³-hybridized carbons (Fsp3) is 0.0800. The van der Waals surface area contributed by atoms with E-state index in [1.807, 2.05) is 30.5 Å². The molecule has 6 rings (SSSR count). The molecule has 0 spiro atoms. The number of nitrogens with two attached hydrogens (primary N) is 1. The first-order chi connectivity index (χ1) is 15.7. The second kappa shape index (κ2) is 7.09. The second-order valence-corrected chi connectivity index (χ2v) is 7.90. The van der Waals surface area contributed by atoms with E-state index in [1.165, 1.54) is 0 Å². The van der Waals surface area contributed by atoms with Crippen LogP contribution < -0.4 is 16.4 Å². The van der Waals surface area contributed by atoms with E-state index in [0.717, 1.165) is 33.2 Å². The van der Waals surface area contributed by atoms with Crippen LogP contribution in [-0.2, 0) is 0 Å². The average molecular weight is 420 g/mol. The molecule has 0 bridgehead atoms. The standard InChI is InChI=1S/C25H20N6O/c26-21-13-29-20(12-30-21)18-6-3-7-19-22(18)14-4-1-2-5-15(14)23(19)31-25(32)17-9-11-28-24-16(17)8-10-27-24/h1-13,20,23,29H,26H2,(H,27,28)(H,31,32). The van der Waals surface area contributed by atoms with Crippen molar-refractivity contribution in [1.82, 2.24) is 20.6 Å². The van der Waals surface area contributed by atoms with Crippen molar-refractivity contribution in [2.24, 2.45) is 10.7 Å². The van der Waals surface area contributed by atoms with Crippen LogP contribution in [0.25, 0.3) is 22.2 Å². The summed E-state index contributed by atoms with van der Waals surface area (Å²) in [5, 5.41) is 7.37. The van der Waals surface area contributed by atoms with Gasteiger partial charge in [0.15, 0.2) is 0 Å². The highest BCUT2D eigenvalue weighted by atomic mass is 16.1. The first-order valence-electron chi connectivity index (χ1n) is 10.4. The smallest absolute Gasteiger partial charge is 0.252 e. The lowest BCUT2D eigenvalue weighted by molar-refractivity contribution is 0.0945. The molecule has 1 aliphatic carbocycles. The fourth-order valence-corrected chi connectivity index (χ4v) is 4.65. The number of fused-ring (bicyclic) bond motifs is 4. The SMILES string of the molecule is NC1=CNC(c2cccc3c2-c2ccccc2C3NC(=O)c2ccnc3[nH]ccc23)C=N1. The van der Waals surface area contributed by atoms with Crippen molar-refractivity contribution in [2.75, 3.05) is 0 Å². The van der Waals surface area contributed by atoms with Crippen LogP contribution in [0, 0.1) is 0 Å². The Morgan fingerprint density at radius 3 is 2.72 bits per heavy atom. The Morgan fingerprint density at radius 2 is 1.84 bits per heavy atom. The summed E-state index contributed by atoms with van der Waals surface area (Å²) < 4.78 is 0. The predicted molar refractivity (Wildman–Crippen MR) is 124 cm³/mol. The van der Waals surface area contributed by atoms with Gasteiger partial charge in [-0.3, -0.25) is 4.79 Å². The summed E-state index contributed by atoms with van der Waals surface area (Å²) in [5.41, 5.74) is 12.5. The lowest BCUT2D eigenvalue weighted by Crippen LogP contribution is -2.28. The lowest BCUT2D eigenvalue weighted by Gasteiger charge is -2.21. The summed E-state index contributed by atoms with van der Waals surface area (Å²) in [6.07, 6.45) is 6.98. The van der Waals surface area contributed by atoms with Gasteiger partial charge in [-0.2, -0.15) is 0 Å². The molecular weight excluding hydrogens is 400 g/mol. The number of nitrogens with zero attached hydrogens (tertiary/aromatic N) is 2. The van der Waals surface area contributed by atoms with E-state index in [1.54, 1.807) is 24.7 Å². The minimum absolute atomic E-state index is 0.0977. The largest absolute Gasteiger partial charge is 0.383 e. The number of hydrogen-bond acceptors (Lipinski definition) is 5. The molecule has 0 saturated heterocycles. The van der Waals surface area contributed by atoms with Crippen LogP contribution in [0.2, 0.25) is 0 Å². The Hall–Kier alpha value is -4.39. The zero-order valence-corrected chi connectivity index (χ0v) is 17.0. The van der Waals surface area contributed by atoms with Gasteiger partial charge in [-0.05, 0) is 39.9 Å². The van der Waals surface area contributed by atoms with Gasteiger partial charge in [0.2, 0.25) is 0 Å². The summed E-state index contributed by atoms with van der Waals surface area (Å²) in [6, 6.07) is 17.7. The van der Waals surface area contributed by atoms with Gasteiger partial charge in [0, 0.05) is 30.2 Å². The number of rotatable bonds is 3. The van der Waals surface area contributed by atoms with Crippen LogP contribution in [0.15, 0.2) is 84.0 Å². The van der Waals surface area contributed by atoms with Crippen LogP contribution in [0.1, 0.15) is 39.1 Å². The first-order valence-corrected chi connectivity index (χ1v) is 10.4. The number of carbonyl (C=O) groups is 1. The molecule has 2 atom stereocenters. The van der Waals surface area contributed by atoms with Crippen molar-refractivity contribution >= 4 is 23.2 Å². The Labute approximate surface area is 184 Å². The zero-order chi connectivity index (χ0) is 21.7. The van der Waals surface area contributed by atoms with E-state index >= 15 is 0 Å². The first kappa shape index (κ1) is 18.4. The number of aromatic amines is 1. The molecule has 32 heavy (non-hydrogen) atoms. The molecule has 2 aliphatic rings. The summed E-state index contributed by atoms with van der Waals surface area (Å²) in [7, 11) is 0. The van der Waals surface area contributed by atoms with Crippen molar-refractivity contribution in [1.29, 1.82) is 0 Å². The maximum atomic E-state index is 13.3. The number of benzene rings is 2. The van der Waals surface area contributed by atoms with E-state index in [0.29, 0.717) is 17.0 Å². The van der Waals surface area contributed by atoms with E-state index in [9.17, 15) is 4.79 Å². The maximum Gasteiger partial charge on any atom is 0.252 e. The number of carbonyl (C=O) groups excluding carboxylic acids is 1. The summed E-state index contributed by atoms with van der Waals surface area (Å²) in [6.45, 7) is 0. The molecule has 1 amide bonds. The van der Waals surface area contributed by atoms with Crippen molar-refractivity contribution in [2.45, 2.75) is 12.1 Å². The molecule has 2 unspecified atom stereocenters. The number of amides is 1. The molecule has 0 radical (unpaired) electrons. The van der Waals surface area contributed by atoms with Gasteiger partial charge in [0.25, 0.3) is 5.91 Å². The van der Waals surface area contributed by atoms with Crippen molar-refractivity contribution in [3.8, 4) is 11.1 Å². The molecule has 2 aromatic carbocycles. The molecule has 5 N–H and O–H groups in total. The van der Waals surface area contributed by atoms with Crippen LogP contribution in [-0.4, -0.2) is 22.1 Å². The molecule has 156 valence electrons. The van der Waals surface area contributed by atoms with Gasteiger partial charge in [-0.25, -0.2) is 9.98 Å². The number of nitrogens with one attached hydrogen (secondary N) is 3. The van der Waals surface area contributed by atoms with Gasteiger partial charge in [-0.15, -0.1) is 0 Å². The van der Waals surface area contributed by atoms with Gasteiger partial charge < -0.3 is 21.4 Å². The number of pyridine rings is 1. The highest BCUT2D eigenvalue weighted by Gasteiger charge is 2.33. The monoisotopic (exact) mass is 420 g/mol. The van der Waals surface area contributed by atoms with Gasteiger partial charge >= 0.3 is 0 Å². The molecule has 3 heterocycles. The number of hydrogen-bond donors (Lipinski definition) is 4. The van der Waals surface area contributed by atoms with E-state index in [2.05, 4.69) is 49.9 Å². The molecule has 7 nitrogen and oxygen atoms in total. The van der Waals surface area contributed by atoms with E-state index in [-0.39, 0.29) is 18.0 Å². The lowest BCUT2D eigenvalue weighted by atomic mass is 9.94. The molecule has 1 aliphatic heterocycles. The Balaban J connectivity index is 1.43. The van der Waals surface area contributed by atoms with Crippen molar-refractivity contribution in [3.05, 3.63) is 101 Å². The third kappa shape index (κ3) is 2.79. The normalized spacial score (nSPS) is 18.6. The van der Waals surface area contributed by atoms with Crippen LogP contribution in [0.5, 0.6) is 0 Å². The molecule has 2 aromatic heterocycles. The fourth-order valence-electron chi connectivity index (χ4n) is 4.65. The van der Waals surface area contributed by atoms with Crippen LogP contribution in [0.3, 0.4) is 0 Å². The number of aromatic nitrogens is 2. The Morgan fingerprint density at radius 1 is 1.00 bits per heavy atom. The van der Waals surface area contributed by atoms with Gasteiger partial charge in [0.05, 0.1) is 17.6 Å². The summed E-state index contributed by atoms with van der Waals surface area (Å²) in [4.78, 5) is 25.0. The number of aliphatic imine (C=N–C) groups is 1.